The molecular weight excluding hydrogens is 212 g/mol. The number of aromatic nitrogens is 2. The second kappa shape index (κ2) is 5.96. The molecule has 0 aromatic carbocycles. The van der Waals surface area contributed by atoms with Crippen molar-refractivity contribution < 1.29 is 0 Å². The molecule has 1 aliphatic heterocycles. The van der Waals surface area contributed by atoms with E-state index in [2.05, 4.69) is 27.1 Å². The van der Waals surface area contributed by atoms with Crippen LogP contribution in [0, 0.1) is 5.92 Å². The van der Waals surface area contributed by atoms with Gasteiger partial charge in [0.05, 0.1) is 11.9 Å². The Hall–Kier alpha value is -1.16. The normalized spacial score (nSPS) is 17.4. The average molecular weight is 234 g/mol. The van der Waals surface area contributed by atoms with E-state index < -0.39 is 0 Å². The molecule has 4 nitrogen and oxygen atoms in total. The topological polar surface area (TPSA) is 41.1 Å². The summed E-state index contributed by atoms with van der Waals surface area (Å²) in [6.07, 6.45) is 7.59. The van der Waals surface area contributed by atoms with Crippen molar-refractivity contribution >= 4 is 5.82 Å². The molecule has 0 amide bonds. The first-order chi connectivity index (χ1) is 8.33. The zero-order valence-corrected chi connectivity index (χ0v) is 10.8. The van der Waals surface area contributed by atoms with Crippen LogP contribution in [0.1, 0.15) is 31.9 Å². The fraction of sp³-hybridized carbons (Fsp3) is 0.692. The molecule has 2 heterocycles. The van der Waals surface area contributed by atoms with Gasteiger partial charge < -0.3 is 10.2 Å². The molecule has 0 saturated carbocycles. The fourth-order valence-electron chi connectivity index (χ4n) is 2.38. The minimum atomic E-state index is 0.784. The summed E-state index contributed by atoms with van der Waals surface area (Å²) in [5.41, 5.74) is 1.02. The maximum absolute atomic E-state index is 4.64. The average Bonchev–Trinajstić information content (AvgIpc) is 2.40. The molecule has 17 heavy (non-hydrogen) atoms. The Kier molecular flexibility index (Phi) is 4.31. The van der Waals surface area contributed by atoms with Crippen molar-refractivity contribution in [3.05, 3.63) is 18.1 Å². The minimum absolute atomic E-state index is 0.784. The highest BCUT2D eigenvalue weighted by atomic mass is 15.2. The molecule has 0 spiro atoms. The van der Waals surface area contributed by atoms with E-state index in [1.165, 1.54) is 19.3 Å². The van der Waals surface area contributed by atoms with E-state index in [1.807, 2.05) is 19.4 Å². The van der Waals surface area contributed by atoms with Crippen LogP contribution in [0.5, 0.6) is 0 Å². The van der Waals surface area contributed by atoms with Crippen molar-refractivity contribution in [2.75, 3.05) is 25.0 Å². The van der Waals surface area contributed by atoms with Gasteiger partial charge in [-0.15, -0.1) is 0 Å². The summed E-state index contributed by atoms with van der Waals surface area (Å²) in [6.45, 7) is 5.31. The van der Waals surface area contributed by atoms with Crippen LogP contribution in [0.4, 0.5) is 5.82 Å². The SMILES string of the molecule is CCC1CCN(c2cncc(CNC)n2)CC1. The van der Waals surface area contributed by atoms with E-state index in [0.29, 0.717) is 0 Å². The number of nitrogens with zero attached hydrogens (tertiary/aromatic N) is 3. The summed E-state index contributed by atoms with van der Waals surface area (Å²) in [5.74, 6) is 1.94. The highest BCUT2D eigenvalue weighted by molar-refractivity contribution is 5.36. The summed E-state index contributed by atoms with van der Waals surface area (Å²) < 4.78 is 0. The summed E-state index contributed by atoms with van der Waals surface area (Å²) in [5, 5.41) is 3.11. The smallest absolute Gasteiger partial charge is 0.147 e. The van der Waals surface area contributed by atoms with E-state index in [9.17, 15) is 0 Å². The monoisotopic (exact) mass is 234 g/mol. The van der Waals surface area contributed by atoms with Gasteiger partial charge in [0.2, 0.25) is 0 Å². The number of nitrogens with one attached hydrogen (secondary N) is 1. The Bertz CT molecular complexity index is 345. The standard InChI is InChI=1S/C13H22N4/c1-3-11-4-6-17(7-5-11)13-10-15-9-12(16-13)8-14-2/h9-11,14H,3-8H2,1-2H3. The highest BCUT2D eigenvalue weighted by Gasteiger charge is 2.18. The summed E-state index contributed by atoms with van der Waals surface area (Å²) in [6, 6.07) is 0. The first-order valence-corrected chi connectivity index (χ1v) is 6.54. The van der Waals surface area contributed by atoms with Gasteiger partial charge in [-0.1, -0.05) is 13.3 Å². The first kappa shape index (κ1) is 12.3. The zero-order chi connectivity index (χ0) is 12.1. The largest absolute Gasteiger partial charge is 0.355 e. The molecule has 0 bridgehead atoms. The Balaban J connectivity index is 2.00. The molecule has 94 valence electrons. The van der Waals surface area contributed by atoms with Gasteiger partial charge >= 0.3 is 0 Å². The number of rotatable bonds is 4. The van der Waals surface area contributed by atoms with Crippen LogP contribution in [0.3, 0.4) is 0 Å². The van der Waals surface area contributed by atoms with Crippen molar-refractivity contribution in [1.82, 2.24) is 15.3 Å². The van der Waals surface area contributed by atoms with Gasteiger partial charge in [0.25, 0.3) is 0 Å². The van der Waals surface area contributed by atoms with Crippen LogP contribution in [0.15, 0.2) is 12.4 Å². The lowest BCUT2D eigenvalue weighted by Gasteiger charge is -2.32. The molecule has 1 fully saturated rings. The predicted octanol–water partition coefficient (Wildman–Crippen LogP) is 1.82. The molecule has 1 N–H and O–H groups in total. The summed E-state index contributed by atoms with van der Waals surface area (Å²) in [4.78, 5) is 11.3. The van der Waals surface area contributed by atoms with Crippen molar-refractivity contribution in [2.45, 2.75) is 32.7 Å². The van der Waals surface area contributed by atoms with Crippen molar-refractivity contribution in [3.8, 4) is 0 Å². The molecule has 1 saturated heterocycles. The van der Waals surface area contributed by atoms with Crippen LogP contribution in [-0.4, -0.2) is 30.1 Å². The molecule has 2 rings (SSSR count). The van der Waals surface area contributed by atoms with Crippen molar-refractivity contribution in [3.63, 3.8) is 0 Å². The molecule has 0 aliphatic carbocycles. The van der Waals surface area contributed by atoms with Gasteiger partial charge in [-0.05, 0) is 25.8 Å². The van der Waals surface area contributed by atoms with Crippen LogP contribution >= 0.6 is 0 Å². The van der Waals surface area contributed by atoms with Gasteiger partial charge in [-0.3, -0.25) is 4.98 Å². The van der Waals surface area contributed by atoms with Gasteiger partial charge in [-0.2, -0.15) is 0 Å². The van der Waals surface area contributed by atoms with Gasteiger partial charge in [0.15, 0.2) is 0 Å². The van der Waals surface area contributed by atoms with E-state index in [1.54, 1.807) is 0 Å². The number of anilines is 1. The van der Waals surface area contributed by atoms with Crippen LogP contribution in [0.25, 0.3) is 0 Å². The fourth-order valence-corrected chi connectivity index (χ4v) is 2.38. The third kappa shape index (κ3) is 3.16. The molecule has 1 aromatic heterocycles. The molecule has 0 unspecified atom stereocenters. The lowest BCUT2D eigenvalue weighted by molar-refractivity contribution is 0.393. The van der Waals surface area contributed by atoms with E-state index >= 15 is 0 Å². The second-order valence-corrected chi connectivity index (χ2v) is 4.74. The molecule has 0 radical (unpaired) electrons. The molecule has 0 atom stereocenters. The second-order valence-electron chi connectivity index (χ2n) is 4.74. The first-order valence-electron chi connectivity index (χ1n) is 6.54. The van der Waals surface area contributed by atoms with Gasteiger partial charge in [0.1, 0.15) is 5.82 Å². The third-order valence-electron chi connectivity index (χ3n) is 3.55. The number of piperidine rings is 1. The summed E-state index contributed by atoms with van der Waals surface area (Å²) in [7, 11) is 1.93. The molecular formula is C13H22N4. The maximum Gasteiger partial charge on any atom is 0.147 e. The lowest BCUT2D eigenvalue weighted by Crippen LogP contribution is -2.34. The lowest BCUT2D eigenvalue weighted by atomic mass is 9.94. The Morgan fingerprint density at radius 1 is 1.35 bits per heavy atom. The number of hydrogen-bond donors (Lipinski definition) is 1. The van der Waals surface area contributed by atoms with Crippen molar-refractivity contribution in [2.24, 2.45) is 5.92 Å². The van der Waals surface area contributed by atoms with Gasteiger partial charge in [-0.25, -0.2) is 4.98 Å². The van der Waals surface area contributed by atoms with Crippen LogP contribution in [0.2, 0.25) is 0 Å². The molecule has 4 heteroatoms. The van der Waals surface area contributed by atoms with Gasteiger partial charge in [0, 0.05) is 25.8 Å². The highest BCUT2D eigenvalue weighted by Crippen LogP contribution is 2.23. The maximum atomic E-state index is 4.64. The molecule has 1 aliphatic rings. The number of hydrogen-bond acceptors (Lipinski definition) is 4. The van der Waals surface area contributed by atoms with E-state index in [-0.39, 0.29) is 0 Å². The summed E-state index contributed by atoms with van der Waals surface area (Å²) >= 11 is 0. The van der Waals surface area contributed by atoms with Crippen LogP contribution in [-0.2, 0) is 6.54 Å². The van der Waals surface area contributed by atoms with Crippen LogP contribution < -0.4 is 10.2 Å². The van der Waals surface area contributed by atoms with E-state index in [0.717, 1.165) is 37.1 Å². The Labute approximate surface area is 103 Å². The van der Waals surface area contributed by atoms with Crippen molar-refractivity contribution in [1.29, 1.82) is 0 Å². The zero-order valence-electron chi connectivity index (χ0n) is 10.8. The predicted molar refractivity (Wildman–Crippen MR) is 70.0 cm³/mol. The Morgan fingerprint density at radius 3 is 2.76 bits per heavy atom. The van der Waals surface area contributed by atoms with E-state index in [4.69, 9.17) is 0 Å². The quantitative estimate of drug-likeness (QED) is 0.863. The minimum Gasteiger partial charge on any atom is -0.355 e. The molecule has 1 aromatic rings. The Morgan fingerprint density at radius 2 is 2.12 bits per heavy atom. The third-order valence-corrected chi connectivity index (χ3v) is 3.55.